The lowest BCUT2D eigenvalue weighted by molar-refractivity contribution is -0.188. The molecule has 1 fully saturated rings. The zero-order valence-corrected chi connectivity index (χ0v) is 17.5. The minimum absolute atomic E-state index is 0.0339. The lowest BCUT2D eigenvalue weighted by Crippen LogP contribution is -2.43. The van der Waals surface area contributed by atoms with Gasteiger partial charge in [-0.25, -0.2) is 4.57 Å². The Balaban J connectivity index is 1.95. The number of hydrogen-bond donors (Lipinski definition) is 3. The molecule has 0 radical (unpaired) electrons. The fraction of sp³-hybridized carbons (Fsp3) is 0.421. The molecule has 3 N–H and O–H groups in total. The number of nitrogens with one attached hydrogen (secondary N) is 1. The van der Waals surface area contributed by atoms with Crippen LogP contribution in [0.5, 0.6) is 5.75 Å². The third kappa shape index (κ3) is 4.87. The predicted octanol–water partition coefficient (Wildman–Crippen LogP) is 2.21. The van der Waals surface area contributed by atoms with Crippen LogP contribution in [-0.4, -0.2) is 60.4 Å². The molecule has 1 unspecified atom stereocenters. The Kier molecular flexibility index (Phi) is 6.95. The minimum atomic E-state index is -4.71. The number of carbonyl (C=O) groups is 1. The van der Waals surface area contributed by atoms with Crippen LogP contribution in [0.4, 0.5) is 8.78 Å². The van der Waals surface area contributed by atoms with Crippen molar-refractivity contribution in [2.24, 2.45) is 0 Å². The fourth-order valence-corrected chi connectivity index (χ4v) is 4.62. The van der Waals surface area contributed by atoms with Crippen LogP contribution in [0.3, 0.4) is 0 Å². The minimum Gasteiger partial charge on any atom is -0.468 e. The highest BCUT2D eigenvalue weighted by Gasteiger charge is 2.61. The Morgan fingerprint density at radius 2 is 1.97 bits per heavy atom. The van der Waals surface area contributed by atoms with Gasteiger partial charge in [0, 0.05) is 5.39 Å². The summed E-state index contributed by atoms with van der Waals surface area (Å²) in [7, 11) is -3.62. The van der Waals surface area contributed by atoms with Crippen LogP contribution in [0.1, 0.15) is 6.92 Å². The van der Waals surface area contributed by atoms with Gasteiger partial charge in [0.1, 0.15) is 17.9 Å². The molecule has 0 spiro atoms. The molecule has 1 heterocycles. The predicted molar refractivity (Wildman–Crippen MR) is 105 cm³/mol. The summed E-state index contributed by atoms with van der Waals surface area (Å²) in [5.74, 6) is -4.83. The quantitative estimate of drug-likeness (QED) is 0.401. The standard InChI is InChI=1S/C19H22F2NO8P/c1-11(17(25)27-2)22-31(26,30-18-19(20,21)16(24)15(10-23)28-18)29-14-9-5-7-12-6-3-4-8-13(12)14/h3-9,11,15-16,18,23-24H,10H2,1-2H3,(H,22,26)/t11-,15+,16+,18+,31?/m0/s1. The van der Waals surface area contributed by atoms with Crippen LogP contribution in [0.15, 0.2) is 42.5 Å². The Labute approximate surface area is 176 Å². The molecular weight excluding hydrogens is 439 g/mol. The summed E-state index contributed by atoms with van der Waals surface area (Å²) in [5, 5.41) is 22.3. The van der Waals surface area contributed by atoms with E-state index in [2.05, 4.69) is 9.82 Å². The fourth-order valence-electron chi connectivity index (χ4n) is 3.02. The van der Waals surface area contributed by atoms with Gasteiger partial charge in [-0.15, -0.1) is 0 Å². The van der Waals surface area contributed by atoms with Gasteiger partial charge in [-0.1, -0.05) is 36.4 Å². The van der Waals surface area contributed by atoms with Crippen LogP contribution in [0, 0.1) is 0 Å². The van der Waals surface area contributed by atoms with Crippen LogP contribution < -0.4 is 9.61 Å². The molecular formula is C19H22F2NO8P. The number of hydrogen-bond acceptors (Lipinski definition) is 8. The molecule has 1 aliphatic heterocycles. The van der Waals surface area contributed by atoms with Gasteiger partial charge in [-0.3, -0.25) is 9.32 Å². The molecule has 0 saturated carbocycles. The first kappa shape index (κ1) is 23.5. The summed E-state index contributed by atoms with van der Waals surface area (Å²) in [4.78, 5) is 11.8. The van der Waals surface area contributed by atoms with Crippen LogP contribution in [0.2, 0.25) is 0 Å². The second kappa shape index (κ2) is 9.15. The van der Waals surface area contributed by atoms with Crippen molar-refractivity contribution in [3.63, 3.8) is 0 Å². The summed E-state index contributed by atoms with van der Waals surface area (Å²) in [6, 6.07) is 10.4. The summed E-state index contributed by atoms with van der Waals surface area (Å²) < 4.78 is 62.2. The SMILES string of the molecule is COC(=O)[C@H](C)NP(=O)(Oc1cccc2ccccc12)O[C@H]1O[C@H](CO)[C@@H](O)C1(F)F. The highest BCUT2D eigenvalue weighted by Crippen LogP contribution is 2.52. The van der Waals surface area contributed by atoms with Gasteiger partial charge >= 0.3 is 19.6 Å². The van der Waals surface area contributed by atoms with Crippen LogP contribution >= 0.6 is 7.75 Å². The zero-order valence-electron chi connectivity index (χ0n) is 16.6. The van der Waals surface area contributed by atoms with E-state index in [4.69, 9.17) is 18.9 Å². The van der Waals surface area contributed by atoms with Crippen molar-refractivity contribution in [3.05, 3.63) is 42.5 Å². The average molecular weight is 461 g/mol. The molecule has 3 rings (SSSR count). The molecule has 170 valence electrons. The van der Waals surface area contributed by atoms with Crippen LogP contribution in [-0.2, 0) is 23.4 Å². The summed E-state index contributed by atoms with van der Waals surface area (Å²) >= 11 is 0. The van der Waals surface area contributed by atoms with Crippen molar-refractivity contribution >= 4 is 24.5 Å². The van der Waals surface area contributed by atoms with Crippen molar-refractivity contribution in [2.75, 3.05) is 13.7 Å². The highest BCUT2D eigenvalue weighted by molar-refractivity contribution is 7.52. The van der Waals surface area contributed by atoms with Crippen LogP contribution in [0.25, 0.3) is 10.8 Å². The number of halogens is 2. The molecule has 0 amide bonds. The number of rotatable bonds is 8. The van der Waals surface area contributed by atoms with E-state index < -0.39 is 50.8 Å². The van der Waals surface area contributed by atoms with Gasteiger partial charge in [-0.05, 0) is 18.4 Å². The lowest BCUT2D eigenvalue weighted by atomic mass is 10.1. The van der Waals surface area contributed by atoms with E-state index in [1.807, 2.05) is 0 Å². The maximum absolute atomic E-state index is 14.4. The maximum Gasteiger partial charge on any atom is 0.462 e. The molecule has 0 bridgehead atoms. The summed E-state index contributed by atoms with van der Waals surface area (Å²) in [6.07, 6.45) is -6.58. The second-order valence-corrected chi connectivity index (χ2v) is 8.50. The van der Waals surface area contributed by atoms with Gasteiger partial charge in [0.15, 0.2) is 6.10 Å². The molecule has 5 atom stereocenters. The Bertz CT molecular complexity index is 985. The van der Waals surface area contributed by atoms with E-state index in [0.717, 1.165) is 7.11 Å². The Hall–Kier alpha value is -2.14. The molecule has 9 nitrogen and oxygen atoms in total. The lowest BCUT2D eigenvalue weighted by Gasteiger charge is -2.27. The molecule has 2 aromatic carbocycles. The highest BCUT2D eigenvalue weighted by atomic mass is 31.2. The number of esters is 1. The molecule has 12 heteroatoms. The van der Waals surface area contributed by atoms with Crippen molar-refractivity contribution in [1.29, 1.82) is 0 Å². The normalized spacial score (nSPS) is 25.7. The molecule has 1 saturated heterocycles. The first-order chi connectivity index (χ1) is 14.6. The first-order valence-electron chi connectivity index (χ1n) is 9.25. The third-order valence-corrected chi connectivity index (χ3v) is 6.26. The number of aliphatic hydroxyl groups excluding tert-OH is 2. The largest absolute Gasteiger partial charge is 0.468 e. The molecule has 0 aromatic heterocycles. The molecule has 1 aliphatic rings. The second-order valence-electron chi connectivity index (χ2n) is 6.85. The summed E-state index contributed by atoms with van der Waals surface area (Å²) in [5.41, 5.74) is 0. The number of methoxy groups -OCH3 is 1. The number of carbonyl (C=O) groups excluding carboxylic acids is 1. The van der Waals surface area contributed by atoms with E-state index in [1.54, 1.807) is 36.4 Å². The van der Waals surface area contributed by atoms with Gasteiger partial charge in [-0.2, -0.15) is 13.9 Å². The molecule has 0 aliphatic carbocycles. The number of benzene rings is 2. The zero-order chi connectivity index (χ0) is 22.8. The van der Waals surface area contributed by atoms with Gasteiger partial charge in [0.25, 0.3) is 0 Å². The first-order valence-corrected chi connectivity index (χ1v) is 10.8. The Morgan fingerprint density at radius 1 is 1.29 bits per heavy atom. The molecule has 31 heavy (non-hydrogen) atoms. The smallest absolute Gasteiger partial charge is 0.462 e. The van der Waals surface area contributed by atoms with E-state index in [-0.39, 0.29) is 5.75 Å². The third-order valence-electron chi connectivity index (χ3n) is 4.65. The van der Waals surface area contributed by atoms with Crippen molar-refractivity contribution < 1.29 is 46.9 Å². The van der Waals surface area contributed by atoms with Crippen molar-refractivity contribution in [2.45, 2.75) is 37.4 Å². The maximum atomic E-state index is 14.4. The number of alkyl halides is 2. The van der Waals surface area contributed by atoms with E-state index >= 15 is 0 Å². The number of ether oxygens (including phenoxy) is 2. The van der Waals surface area contributed by atoms with Gasteiger partial charge in [0.2, 0.25) is 6.29 Å². The number of aliphatic hydroxyl groups is 2. The van der Waals surface area contributed by atoms with E-state index in [1.165, 1.54) is 13.0 Å². The van der Waals surface area contributed by atoms with E-state index in [0.29, 0.717) is 10.8 Å². The topological polar surface area (TPSA) is 124 Å². The van der Waals surface area contributed by atoms with Gasteiger partial charge in [0.05, 0.1) is 13.7 Å². The van der Waals surface area contributed by atoms with Crippen molar-refractivity contribution in [1.82, 2.24) is 5.09 Å². The monoisotopic (exact) mass is 461 g/mol. The Morgan fingerprint density at radius 3 is 2.61 bits per heavy atom. The van der Waals surface area contributed by atoms with Crippen molar-refractivity contribution in [3.8, 4) is 5.75 Å². The molecule has 2 aromatic rings. The number of fused-ring (bicyclic) bond motifs is 1. The van der Waals surface area contributed by atoms with E-state index in [9.17, 15) is 23.2 Å². The average Bonchev–Trinajstić information content (AvgIpc) is 2.96. The summed E-state index contributed by atoms with van der Waals surface area (Å²) in [6.45, 7) is 0.352. The van der Waals surface area contributed by atoms with Gasteiger partial charge < -0.3 is 24.2 Å².